The second-order valence-corrected chi connectivity index (χ2v) is 6.29. The predicted octanol–water partition coefficient (Wildman–Crippen LogP) is 2.66. The van der Waals surface area contributed by atoms with Crippen LogP contribution in [-0.2, 0) is 0 Å². The van der Waals surface area contributed by atoms with Crippen molar-refractivity contribution in [1.82, 2.24) is 9.97 Å². The van der Waals surface area contributed by atoms with Gasteiger partial charge in [-0.25, -0.2) is 9.97 Å². The lowest BCUT2D eigenvalue weighted by Gasteiger charge is -2.21. The van der Waals surface area contributed by atoms with Crippen LogP contribution in [0.3, 0.4) is 0 Å². The fourth-order valence-electron chi connectivity index (χ4n) is 1.67. The third-order valence-electron chi connectivity index (χ3n) is 2.75. The van der Waals surface area contributed by atoms with Crippen LogP contribution in [0.1, 0.15) is 22.3 Å². The molecule has 1 fully saturated rings. The van der Waals surface area contributed by atoms with E-state index in [0.717, 1.165) is 28.7 Å². The lowest BCUT2D eigenvalue weighted by molar-refractivity contribution is 0.894. The monoisotopic (exact) mass is 255 g/mol. The summed E-state index contributed by atoms with van der Waals surface area (Å²) in [6, 6.07) is 0. The molecule has 3 nitrogen and oxygen atoms in total. The number of nitrogens with one attached hydrogen (secondary N) is 1. The molecule has 0 bridgehead atoms. The number of anilines is 1. The van der Waals surface area contributed by atoms with Gasteiger partial charge in [-0.15, -0.1) is 11.8 Å². The van der Waals surface area contributed by atoms with Crippen LogP contribution in [0.25, 0.3) is 0 Å². The van der Waals surface area contributed by atoms with Crippen LogP contribution >= 0.6 is 23.5 Å². The molecule has 1 aliphatic heterocycles. The average Bonchev–Trinajstić information content (AvgIpc) is 2.33. The van der Waals surface area contributed by atoms with Crippen LogP contribution in [0.15, 0.2) is 0 Å². The molecule has 1 N–H and O–H groups in total. The first-order valence-electron chi connectivity index (χ1n) is 5.44. The van der Waals surface area contributed by atoms with E-state index in [2.05, 4.69) is 29.1 Å². The van der Waals surface area contributed by atoms with E-state index in [4.69, 9.17) is 0 Å². The molecule has 0 aromatic carbocycles. The largest absolute Gasteiger partial charge is 0.373 e. The molecule has 88 valence electrons. The smallest absolute Gasteiger partial charge is 0.144 e. The lowest BCUT2D eigenvalue weighted by atomic mass is 10.2. The van der Waals surface area contributed by atoms with Crippen molar-refractivity contribution >= 4 is 29.3 Å². The Morgan fingerprint density at radius 2 is 2.06 bits per heavy atom. The minimum atomic E-state index is 0.463. The summed E-state index contributed by atoms with van der Waals surface area (Å²) in [4.78, 5) is 9.24. The molecule has 0 aliphatic carbocycles. The molecule has 0 spiro atoms. The Kier molecular flexibility index (Phi) is 3.97. The van der Waals surface area contributed by atoms with Gasteiger partial charge < -0.3 is 5.32 Å². The Hall–Kier alpha value is -0.420. The molecular weight excluding hydrogens is 238 g/mol. The number of hydrogen-bond acceptors (Lipinski definition) is 5. The van der Waals surface area contributed by atoms with Crippen molar-refractivity contribution < 1.29 is 0 Å². The van der Waals surface area contributed by atoms with E-state index >= 15 is 0 Å². The minimum Gasteiger partial charge on any atom is -0.373 e. The van der Waals surface area contributed by atoms with E-state index in [1.165, 1.54) is 11.5 Å². The third kappa shape index (κ3) is 2.46. The standard InChI is InChI=1S/C11H17N3S2/c1-7-8(2)13-11(14-10(7)12-3)9-6-15-4-5-16-9/h9H,4-6H2,1-3H3,(H,12,13,14). The van der Waals surface area contributed by atoms with Gasteiger partial charge in [0, 0.05) is 35.6 Å². The fourth-order valence-corrected chi connectivity index (χ4v) is 4.27. The highest BCUT2D eigenvalue weighted by atomic mass is 32.2. The zero-order valence-corrected chi connectivity index (χ0v) is 11.5. The maximum atomic E-state index is 4.62. The summed E-state index contributed by atoms with van der Waals surface area (Å²) in [5.74, 6) is 5.56. The topological polar surface area (TPSA) is 37.8 Å². The minimum absolute atomic E-state index is 0.463. The number of nitrogens with zero attached hydrogens (tertiary/aromatic N) is 2. The molecule has 2 rings (SSSR count). The summed E-state index contributed by atoms with van der Waals surface area (Å²) in [7, 11) is 1.92. The normalized spacial score (nSPS) is 20.8. The van der Waals surface area contributed by atoms with E-state index in [1.807, 2.05) is 30.6 Å². The Balaban J connectivity index is 2.29. The maximum absolute atomic E-state index is 4.62. The van der Waals surface area contributed by atoms with Gasteiger partial charge in [-0.2, -0.15) is 11.8 Å². The van der Waals surface area contributed by atoms with Crippen molar-refractivity contribution in [1.29, 1.82) is 0 Å². The number of thioether (sulfide) groups is 2. The Morgan fingerprint density at radius 1 is 1.25 bits per heavy atom. The molecule has 1 aliphatic rings. The van der Waals surface area contributed by atoms with E-state index in [-0.39, 0.29) is 0 Å². The molecule has 1 saturated heterocycles. The molecular formula is C11H17N3S2. The van der Waals surface area contributed by atoms with Crippen molar-refractivity contribution in [3.63, 3.8) is 0 Å². The molecule has 5 heteroatoms. The predicted molar refractivity (Wildman–Crippen MR) is 73.6 cm³/mol. The molecule has 1 atom stereocenters. The molecule has 16 heavy (non-hydrogen) atoms. The summed E-state index contributed by atoms with van der Waals surface area (Å²) in [6.45, 7) is 4.12. The second kappa shape index (κ2) is 5.27. The zero-order valence-electron chi connectivity index (χ0n) is 9.91. The van der Waals surface area contributed by atoms with Crippen LogP contribution in [0.5, 0.6) is 0 Å². The second-order valence-electron chi connectivity index (χ2n) is 3.83. The molecule has 1 aromatic rings. The van der Waals surface area contributed by atoms with Gasteiger partial charge in [-0.1, -0.05) is 0 Å². The van der Waals surface area contributed by atoms with Gasteiger partial charge in [-0.05, 0) is 13.8 Å². The van der Waals surface area contributed by atoms with Crippen molar-refractivity contribution in [2.24, 2.45) is 0 Å². The number of aromatic nitrogens is 2. The summed E-state index contributed by atoms with van der Waals surface area (Å²) >= 11 is 3.98. The SMILES string of the molecule is CNc1nc(C2CSCCS2)nc(C)c1C. The number of rotatable bonds is 2. The fraction of sp³-hybridized carbons (Fsp3) is 0.636. The van der Waals surface area contributed by atoms with Gasteiger partial charge in [0.2, 0.25) is 0 Å². The highest BCUT2D eigenvalue weighted by Crippen LogP contribution is 2.35. The van der Waals surface area contributed by atoms with Gasteiger partial charge in [0.1, 0.15) is 11.6 Å². The third-order valence-corrected chi connectivity index (χ3v) is 5.50. The molecule has 0 saturated carbocycles. The van der Waals surface area contributed by atoms with Gasteiger partial charge in [0.25, 0.3) is 0 Å². The van der Waals surface area contributed by atoms with Crippen LogP contribution in [0, 0.1) is 13.8 Å². The lowest BCUT2D eigenvalue weighted by Crippen LogP contribution is -2.13. The van der Waals surface area contributed by atoms with Crippen LogP contribution in [0.2, 0.25) is 0 Å². The molecule has 0 amide bonds. The van der Waals surface area contributed by atoms with Gasteiger partial charge in [-0.3, -0.25) is 0 Å². The van der Waals surface area contributed by atoms with Gasteiger partial charge in [0.05, 0.1) is 5.25 Å². The summed E-state index contributed by atoms with van der Waals surface area (Å²) in [5.41, 5.74) is 2.24. The molecule has 0 radical (unpaired) electrons. The van der Waals surface area contributed by atoms with Crippen LogP contribution in [0.4, 0.5) is 5.82 Å². The van der Waals surface area contributed by atoms with Crippen molar-refractivity contribution in [2.75, 3.05) is 29.6 Å². The van der Waals surface area contributed by atoms with Crippen molar-refractivity contribution in [2.45, 2.75) is 19.1 Å². The van der Waals surface area contributed by atoms with Crippen LogP contribution in [-0.4, -0.2) is 34.3 Å². The van der Waals surface area contributed by atoms with E-state index in [0.29, 0.717) is 5.25 Å². The molecule has 2 heterocycles. The Morgan fingerprint density at radius 3 is 2.69 bits per heavy atom. The first-order chi connectivity index (χ1) is 7.72. The van der Waals surface area contributed by atoms with Gasteiger partial charge >= 0.3 is 0 Å². The van der Waals surface area contributed by atoms with Crippen LogP contribution < -0.4 is 5.32 Å². The zero-order chi connectivity index (χ0) is 11.5. The van der Waals surface area contributed by atoms with Gasteiger partial charge in [0.15, 0.2) is 0 Å². The molecule has 1 aromatic heterocycles. The number of hydrogen-bond donors (Lipinski definition) is 1. The first kappa shape index (κ1) is 12.0. The highest BCUT2D eigenvalue weighted by Gasteiger charge is 2.20. The van der Waals surface area contributed by atoms with Crippen molar-refractivity contribution in [3.05, 3.63) is 17.1 Å². The van der Waals surface area contributed by atoms with Crippen molar-refractivity contribution in [3.8, 4) is 0 Å². The summed E-state index contributed by atoms with van der Waals surface area (Å²) in [5, 5.41) is 3.61. The highest BCUT2D eigenvalue weighted by molar-refractivity contribution is 8.06. The quantitative estimate of drug-likeness (QED) is 0.879. The first-order valence-corrected chi connectivity index (χ1v) is 7.65. The number of aryl methyl sites for hydroxylation is 1. The molecule has 1 unspecified atom stereocenters. The van der Waals surface area contributed by atoms with E-state index < -0.39 is 0 Å². The maximum Gasteiger partial charge on any atom is 0.144 e. The van der Waals surface area contributed by atoms with E-state index in [1.54, 1.807) is 0 Å². The summed E-state index contributed by atoms with van der Waals surface area (Å²) < 4.78 is 0. The average molecular weight is 255 g/mol. The van der Waals surface area contributed by atoms with E-state index in [9.17, 15) is 0 Å². The Labute approximate surface area is 105 Å². The Bertz CT molecular complexity index is 376. The summed E-state index contributed by atoms with van der Waals surface area (Å²) in [6.07, 6.45) is 0.